The molecule has 0 aromatic heterocycles. The molecule has 1 aromatic carbocycles. The number of carboxylic acid groups (broad SMARTS) is 1. The van der Waals surface area contributed by atoms with Crippen LogP contribution in [0.25, 0.3) is 0 Å². The minimum atomic E-state index is -1.27. The summed E-state index contributed by atoms with van der Waals surface area (Å²) in [6.07, 6.45) is 2.27. The van der Waals surface area contributed by atoms with E-state index >= 15 is 0 Å². The first-order valence-electron chi connectivity index (χ1n) is 6.60. The molecule has 2 aliphatic heterocycles. The molecular weight excluding hydrogens is 274 g/mol. The smallest absolute Gasteiger partial charge is 0.231 e. The molecule has 0 unspecified atom stereocenters. The maximum Gasteiger partial charge on any atom is 0.231 e. The van der Waals surface area contributed by atoms with Crippen molar-refractivity contribution in [3.05, 3.63) is 36.4 Å². The van der Waals surface area contributed by atoms with Gasteiger partial charge in [0, 0.05) is 11.9 Å². The van der Waals surface area contributed by atoms with Crippen LogP contribution in [0, 0.1) is 11.8 Å². The molecule has 21 heavy (non-hydrogen) atoms. The minimum Gasteiger partial charge on any atom is -0.550 e. The number of para-hydroxylation sites is 2. The van der Waals surface area contributed by atoms with Gasteiger partial charge in [-0.2, -0.15) is 0 Å². The topological polar surface area (TPSA) is 87.7 Å². The highest BCUT2D eigenvalue weighted by Gasteiger charge is 2.50. The molecule has 1 amide bonds. The maximum absolute atomic E-state index is 12.4. The van der Waals surface area contributed by atoms with Gasteiger partial charge in [0.2, 0.25) is 5.91 Å². The van der Waals surface area contributed by atoms with E-state index in [-0.39, 0.29) is 0 Å². The van der Waals surface area contributed by atoms with Crippen LogP contribution in [0.5, 0.6) is 5.75 Å². The number of anilines is 1. The molecule has 1 aromatic rings. The zero-order valence-electron chi connectivity index (χ0n) is 11.3. The Morgan fingerprint density at radius 2 is 1.86 bits per heavy atom. The first-order valence-corrected chi connectivity index (χ1v) is 6.60. The third-order valence-corrected chi connectivity index (χ3v) is 3.84. The van der Waals surface area contributed by atoms with E-state index in [9.17, 15) is 14.7 Å². The van der Waals surface area contributed by atoms with Crippen LogP contribution in [-0.2, 0) is 14.3 Å². The summed E-state index contributed by atoms with van der Waals surface area (Å²) in [5.74, 6) is -2.93. The summed E-state index contributed by atoms with van der Waals surface area (Å²) in [6, 6.07) is 6.94. The SMILES string of the molecule is COc1ccccc1NC(=O)[C@@H]1[C@@H](C(=O)[O-])[C@@H]2C=C[C@H]1O2. The normalized spacial score (nSPS) is 29.4. The van der Waals surface area contributed by atoms with Gasteiger partial charge < -0.3 is 24.7 Å². The average molecular weight is 288 g/mol. The number of carboxylic acids is 1. The van der Waals surface area contributed by atoms with Gasteiger partial charge in [-0.3, -0.25) is 4.79 Å². The Morgan fingerprint density at radius 1 is 1.19 bits per heavy atom. The Labute approximate surface area is 121 Å². The number of fused-ring (bicyclic) bond motifs is 2. The molecule has 6 heteroatoms. The lowest BCUT2D eigenvalue weighted by Gasteiger charge is -2.25. The van der Waals surface area contributed by atoms with Gasteiger partial charge in [0.15, 0.2) is 0 Å². The highest BCUT2D eigenvalue weighted by atomic mass is 16.5. The zero-order valence-corrected chi connectivity index (χ0v) is 11.3. The maximum atomic E-state index is 12.4. The molecule has 1 saturated heterocycles. The van der Waals surface area contributed by atoms with Crippen molar-refractivity contribution in [1.82, 2.24) is 0 Å². The second-order valence-electron chi connectivity index (χ2n) is 5.01. The van der Waals surface area contributed by atoms with Crippen LogP contribution in [0.1, 0.15) is 0 Å². The standard InChI is InChI=1S/C15H15NO5/c1-20-9-5-3-2-4-8(9)16-14(17)12-10-6-7-11(21-10)13(12)15(18)19/h2-7,10-13H,1H3,(H,16,17)(H,18,19)/p-1/t10-,11+,12+,13+/m1/s1. The zero-order chi connectivity index (χ0) is 15.0. The van der Waals surface area contributed by atoms with E-state index in [4.69, 9.17) is 9.47 Å². The van der Waals surface area contributed by atoms with E-state index in [1.807, 2.05) is 0 Å². The van der Waals surface area contributed by atoms with Crippen LogP contribution >= 0.6 is 0 Å². The largest absolute Gasteiger partial charge is 0.550 e. The Morgan fingerprint density at radius 3 is 2.52 bits per heavy atom. The van der Waals surface area contributed by atoms with Crippen LogP contribution in [0.2, 0.25) is 0 Å². The number of carbonyl (C=O) groups excluding carboxylic acids is 2. The molecule has 110 valence electrons. The summed E-state index contributed by atoms with van der Waals surface area (Å²) < 4.78 is 10.6. The highest BCUT2D eigenvalue weighted by Crippen LogP contribution is 2.39. The van der Waals surface area contributed by atoms with Crippen molar-refractivity contribution >= 4 is 17.6 Å². The Hall–Kier alpha value is -2.34. The highest BCUT2D eigenvalue weighted by molar-refractivity contribution is 5.97. The minimum absolute atomic E-state index is 0.412. The van der Waals surface area contributed by atoms with Crippen molar-refractivity contribution in [2.75, 3.05) is 12.4 Å². The summed E-state index contributed by atoms with van der Waals surface area (Å²) in [5, 5.41) is 14.0. The third-order valence-electron chi connectivity index (χ3n) is 3.84. The van der Waals surface area contributed by atoms with Crippen molar-refractivity contribution in [3.63, 3.8) is 0 Å². The predicted molar refractivity (Wildman–Crippen MR) is 71.4 cm³/mol. The number of rotatable bonds is 4. The van der Waals surface area contributed by atoms with Crippen molar-refractivity contribution < 1.29 is 24.2 Å². The second kappa shape index (κ2) is 5.21. The first-order chi connectivity index (χ1) is 10.1. The van der Waals surface area contributed by atoms with Crippen LogP contribution in [0.15, 0.2) is 36.4 Å². The number of ether oxygens (including phenoxy) is 2. The van der Waals surface area contributed by atoms with Crippen LogP contribution in [-0.4, -0.2) is 31.2 Å². The molecule has 2 aliphatic rings. The summed E-state index contributed by atoms with van der Waals surface area (Å²) in [4.78, 5) is 23.7. The van der Waals surface area contributed by atoms with Crippen molar-refractivity contribution in [3.8, 4) is 5.75 Å². The van der Waals surface area contributed by atoms with Gasteiger partial charge >= 0.3 is 0 Å². The predicted octanol–water partition coefficient (Wildman–Crippen LogP) is -0.0468. The monoisotopic (exact) mass is 288 g/mol. The number of benzene rings is 1. The molecule has 3 rings (SSSR count). The van der Waals surface area contributed by atoms with E-state index < -0.39 is 35.9 Å². The second-order valence-corrected chi connectivity index (χ2v) is 5.01. The van der Waals surface area contributed by atoms with Gasteiger partial charge in [-0.15, -0.1) is 0 Å². The lowest BCUT2D eigenvalue weighted by Crippen LogP contribution is -2.45. The first kappa shape index (κ1) is 13.6. The fraction of sp³-hybridized carbons (Fsp3) is 0.333. The lowest BCUT2D eigenvalue weighted by molar-refractivity contribution is -0.313. The Balaban J connectivity index is 1.82. The summed E-state index contributed by atoms with van der Waals surface area (Å²) in [6.45, 7) is 0. The number of carbonyl (C=O) groups is 2. The van der Waals surface area contributed by atoms with Gasteiger partial charge in [-0.25, -0.2) is 0 Å². The fourth-order valence-corrected chi connectivity index (χ4v) is 2.87. The number of hydrogen-bond donors (Lipinski definition) is 1. The number of aliphatic carboxylic acids is 1. The molecule has 2 heterocycles. The number of amides is 1. The molecule has 1 N–H and O–H groups in total. The summed E-state index contributed by atoms with van der Waals surface area (Å²) >= 11 is 0. The Kier molecular flexibility index (Phi) is 3.39. The van der Waals surface area contributed by atoms with E-state index in [2.05, 4.69) is 5.32 Å². The molecule has 6 nitrogen and oxygen atoms in total. The molecule has 0 aliphatic carbocycles. The van der Waals surface area contributed by atoms with Gasteiger partial charge in [-0.05, 0) is 12.1 Å². The quantitative estimate of drug-likeness (QED) is 0.785. The van der Waals surface area contributed by atoms with Gasteiger partial charge in [0.1, 0.15) is 5.75 Å². The molecule has 2 bridgehead atoms. The molecule has 0 saturated carbocycles. The van der Waals surface area contributed by atoms with Crippen molar-refractivity contribution in [2.45, 2.75) is 12.2 Å². The third kappa shape index (κ3) is 2.27. The summed E-state index contributed by atoms with van der Waals surface area (Å²) in [5.41, 5.74) is 0.494. The van der Waals surface area contributed by atoms with E-state index in [0.717, 1.165) is 0 Å². The van der Waals surface area contributed by atoms with Gasteiger partial charge in [-0.1, -0.05) is 24.3 Å². The van der Waals surface area contributed by atoms with Crippen LogP contribution < -0.4 is 15.2 Å². The van der Waals surface area contributed by atoms with E-state index in [0.29, 0.717) is 11.4 Å². The van der Waals surface area contributed by atoms with Crippen molar-refractivity contribution in [2.24, 2.45) is 11.8 Å². The molecule has 0 radical (unpaired) electrons. The lowest BCUT2D eigenvalue weighted by atomic mass is 9.82. The van der Waals surface area contributed by atoms with E-state index in [1.165, 1.54) is 7.11 Å². The molecular formula is C15H14NO5-. The Bertz CT molecular complexity index is 612. The number of hydrogen-bond acceptors (Lipinski definition) is 5. The van der Waals surface area contributed by atoms with Crippen molar-refractivity contribution in [1.29, 1.82) is 0 Å². The summed E-state index contributed by atoms with van der Waals surface area (Å²) in [7, 11) is 1.50. The molecule has 0 spiro atoms. The van der Waals surface area contributed by atoms with Crippen LogP contribution in [0.3, 0.4) is 0 Å². The fourth-order valence-electron chi connectivity index (χ4n) is 2.87. The van der Waals surface area contributed by atoms with Gasteiger partial charge in [0.05, 0.1) is 30.9 Å². The van der Waals surface area contributed by atoms with E-state index in [1.54, 1.807) is 36.4 Å². The number of nitrogens with one attached hydrogen (secondary N) is 1. The molecule has 4 atom stereocenters. The molecule has 1 fully saturated rings. The number of methoxy groups -OCH3 is 1. The van der Waals surface area contributed by atoms with Crippen LogP contribution in [0.4, 0.5) is 5.69 Å². The average Bonchev–Trinajstić information content (AvgIpc) is 3.08. The van der Waals surface area contributed by atoms with Gasteiger partial charge in [0.25, 0.3) is 0 Å².